The molecule has 0 aliphatic carbocycles. The fraction of sp³-hybridized carbons (Fsp3) is 0.500. The number of esters is 1. The van der Waals surface area contributed by atoms with Crippen molar-refractivity contribution in [3.8, 4) is 0 Å². The zero-order valence-corrected chi connectivity index (χ0v) is 10.1. The molecule has 7 heteroatoms. The summed E-state index contributed by atoms with van der Waals surface area (Å²) in [7, 11) is 1.24. The molecule has 0 fully saturated rings. The predicted octanol–water partition coefficient (Wildman–Crippen LogP) is -0.223. The first-order chi connectivity index (χ1) is 7.93. The number of carbonyl (C=O) groups excluding carboxylic acids is 2. The van der Waals surface area contributed by atoms with Crippen molar-refractivity contribution in [1.29, 1.82) is 0 Å². The average Bonchev–Trinajstić information content (AvgIpc) is 2.56. The first-order valence-corrected chi connectivity index (χ1v) is 5.14. The van der Waals surface area contributed by atoms with E-state index < -0.39 is 5.97 Å². The molecular weight excluding hydrogens is 224 g/mol. The largest absolute Gasteiger partial charge is 0.464 e. The molecule has 1 aromatic heterocycles. The Hall–Kier alpha value is -2.05. The van der Waals surface area contributed by atoms with Crippen molar-refractivity contribution in [3.05, 3.63) is 11.9 Å². The Morgan fingerprint density at radius 2 is 2.24 bits per heavy atom. The van der Waals surface area contributed by atoms with Gasteiger partial charge < -0.3 is 15.8 Å². The van der Waals surface area contributed by atoms with Gasteiger partial charge in [0, 0.05) is 12.2 Å². The molecule has 1 aromatic rings. The van der Waals surface area contributed by atoms with Crippen LogP contribution in [0.25, 0.3) is 0 Å². The molecule has 0 aliphatic heterocycles. The second-order valence-electron chi connectivity index (χ2n) is 3.84. The van der Waals surface area contributed by atoms with Gasteiger partial charge >= 0.3 is 5.97 Å². The maximum atomic E-state index is 11.5. The minimum absolute atomic E-state index is 0.0133. The van der Waals surface area contributed by atoms with Crippen LogP contribution in [0.15, 0.2) is 6.20 Å². The SMILES string of the molecule is COC(=O)c1nn(CC(=O)NC(C)C)cc1N. The summed E-state index contributed by atoms with van der Waals surface area (Å²) in [6.45, 7) is 3.73. The van der Waals surface area contributed by atoms with Crippen LogP contribution in [0.2, 0.25) is 0 Å². The molecule has 94 valence electrons. The summed E-state index contributed by atoms with van der Waals surface area (Å²) < 4.78 is 5.81. The number of rotatable bonds is 4. The molecule has 0 saturated heterocycles. The monoisotopic (exact) mass is 240 g/mol. The zero-order chi connectivity index (χ0) is 13.0. The second kappa shape index (κ2) is 5.33. The first-order valence-electron chi connectivity index (χ1n) is 5.14. The second-order valence-corrected chi connectivity index (χ2v) is 3.84. The minimum atomic E-state index is -0.620. The maximum absolute atomic E-state index is 11.5. The van der Waals surface area contributed by atoms with Gasteiger partial charge in [0.2, 0.25) is 5.91 Å². The molecule has 3 N–H and O–H groups in total. The van der Waals surface area contributed by atoms with Gasteiger partial charge in [0.15, 0.2) is 5.69 Å². The third kappa shape index (κ3) is 3.47. The van der Waals surface area contributed by atoms with Crippen molar-refractivity contribution in [2.75, 3.05) is 12.8 Å². The van der Waals surface area contributed by atoms with Crippen LogP contribution in [0.5, 0.6) is 0 Å². The molecule has 0 aliphatic rings. The first kappa shape index (κ1) is 13.0. The number of hydrogen-bond donors (Lipinski definition) is 2. The number of nitrogen functional groups attached to an aromatic ring is 1. The van der Waals surface area contributed by atoms with E-state index in [1.165, 1.54) is 18.0 Å². The highest BCUT2D eigenvalue weighted by Gasteiger charge is 2.16. The van der Waals surface area contributed by atoms with Crippen molar-refractivity contribution in [1.82, 2.24) is 15.1 Å². The molecule has 0 spiro atoms. The Balaban J connectivity index is 2.74. The van der Waals surface area contributed by atoms with E-state index in [2.05, 4.69) is 15.2 Å². The number of amides is 1. The lowest BCUT2D eigenvalue weighted by Gasteiger charge is -2.07. The number of carbonyl (C=O) groups is 2. The molecule has 0 atom stereocenters. The minimum Gasteiger partial charge on any atom is -0.464 e. The Labute approximate surface area is 98.9 Å². The molecule has 7 nitrogen and oxygen atoms in total. The smallest absolute Gasteiger partial charge is 0.360 e. The Kier molecular flexibility index (Phi) is 4.08. The van der Waals surface area contributed by atoms with Gasteiger partial charge in [-0.25, -0.2) is 4.79 Å². The van der Waals surface area contributed by atoms with Crippen LogP contribution in [-0.2, 0) is 16.1 Å². The van der Waals surface area contributed by atoms with E-state index in [1.54, 1.807) is 0 Å². The number of anilines is 1. The summed E-state index contributed by atoms with van der Waals surface area (Å²) >= 11 is 0. The number of nitrogens with one attached hydrogen (secondary N) is 1. The molecular formula is C10H16N4O3. The standard InChI is InChI=1S/C10H16N4O3/c1-6(2)12-8(15)5-14-4-7(11)9(13-14)10(16)17-3/h4,6H,5,11H2,1-3H3,(H,12,15). The number of hydrogen-bond acceptors (Lipinski definition) is 5. The molecule has 0 saturated carbocycles. The van der Waals surface area contributed by atoms with Crippen molar-refractivity contribution >= 4 is 17.6 Å². The maximum Gasteiger partial charge on any atom is 0.360 e. The van der Waals surface area contributed by atoms with Crippen LogP contribution < -0.4 is 11.1 Å². The molecule has 17 heavy (non-hydrogen) atoms. The molecule has 0 unspecified atom stereocenters. The summed E-state index contributed by atoms with van der Waals surface area (Å²) in [6, 6.07) is 0.0514. The van der Waals surface area contributed by atoms with Crippen LogP contribution in [0.3, 0.4) is 0 Å². The highest BCUT2D eigenvalue weighted by molar-refractivity contribution is 5.92. The van der Waals surface area contributed by atoms with Gasteiger partial charge in [-0.2, -0.15) is 5.10 Å². The van der Waals surface area contributed by atoms with Gasteiger partial charge in [-0.15, -0.1) is 0 Å². The zero-order valence-electron chi connectivity index (χ0n) is 10.1. The van der Waals surface area contributed by atoms with Gasteiger partial charge in [0.25, 0.3) is 0 Å². The third-order valence-corrected chi connectivity index (χ3v) is 1.92. The Morgan fingerprint density at radius 1 is 1.59 bits per heavy atom. The average molecular weight is 240 g/mol. The van der Waals surface area contributed by atoms with E-state index >= 15 is 0 Å². The van der Waals surface area contributed by atoms with E-state index in [4.69, 9.17) is 5.73 Å². The molecule has 0 radical (unpaired) electrons. The van der Waals surface area contributed by atoms with Crippen LogP contribution in [0.4, 0.5) is 5.69 Å². The van der Waals surface area contributed by atoms with Gasteiger partial charge in [-0.3, -0.25) is 9.48 Å². The number of ether oxygens (including phenoxy) is 1. The highest BCUT2D eigenvalue weighted by Crippen LogP contribution is 2.09. The van der Waals surface area contributed by atoms with Gasteiger partial charge in [0.1, 0.15) is 6.54 Å². The number of nitrogens with zero attached hydrogens (tertiary/aromatic N) is 2. The Bertz CT molecular complexity index is 425. The van der Waals surface area contributed by atoms with Crippen molar-refractivity contribution in [2.45, 2.75) is 26.4 Å². The van der Waals surface area contributed by atoms with Crippen molar-refractivity contribution in [3.63, 3.8) is 0 Å². The number of aromatic nitrogens is 2. The van der Waals surface area contributed by atoms with Crippen molar-refractivity contribution < 1.29 is 14.3 Å². The van der Waals surface area contributed by atoms with E-state index in [-0.39, 0.29) is 29.9 Å². The summed E-state index contributed by atoms with van der Waals surface area (Å²) in [5, 5.41) is 6.59. The number of methoxy groups -OCH3 is 1. The fourth-order valence-corrected chi connectivity index (χ4v) is 1.29. The molecule has 1 heterocycles. The van der Waals surface area contributed by atoms with E-state index in [9.17, 15) is 9.59 Å². The normalized spacial score (nSPS) is 10.4. The van der Waals surface area contributed by atoms with E-state index in [0.717, 1.165) is 0 Å². The van der Waals surface area contributed by atoms with Gasteiger partial charge in [-0.05, 0) is 13.8 Å². The molecule has 1 rings (SSSR count). The van der Waals surface area contributed by atoms with Crippen LogP contribution in [0.1, 0.15) is 24.3 Å². The lowest BCUT2D eigenvalue weighted by Crippen LogP contribution is -2.33. The topological polar surface area (TPSA) is 99.2 Å². The summed E-state index contributed by atoms with van der Waals surface area (Å²) in [6.07, 6.45) is 1.42. The summed E-state index contributed by atoms with van der Waals surface area (Å²) in [5.74, 6) is -0.815. The fourth-order valence-electron chi connectivity index (χ4n) is 1.29. The van der Waals surface area contributed by atoms with Gasteiger partial charge in [-0.1, -0.05) is 0 Å². The summed E-state index contributed by atoms with van der Waals surface area (Å²) in [4.78, 5) is 22.7. The van der Waals surface area contributed by atoms with Crippen LogP contribution in [0, 0.1) is 0 Å². The molecule has 1 amide bonds. The van der Waals surface area contributed by atoms with Crippen molar-refractivity contribution in [2.24, 2.45) is 0 Å². The lowest BCUT2D eigenvalue weighted by molar-refractivity contribution is -0.122. The summed E-state index contributed by atoms with van der Waals surface area (Å²) in [5.41, 5.74) is 5.79. The predicted molar refractivity (Wildman–Crippen MR) is 61.3 cm³/mol. The Morgan fingerprint density at radius 3 is 2.76 bits per heavy atom. The highest BCUT2D eigenvalue weighted by atomic mass is 16.5. The lowest BCUT2D eigenvalue weighted by atomic mass is 10.4. The van der Waals surface area contributed by atoms with E-state index in [1.807, 2.05) is 13.8 Å². The van der Waals surface area contributed by atoms with Crippen LogP contribution >= 0.6 is 0 Å². The molecule has 0 bridgehead atoms. The number of nitrogens with two attached hydrogens (primary N) is 1. The van der Waals surface area contributed by atoms with Crippen LogP contribution in [-0.4, -0.2) is 34.8 Å². The third-order valence-electron chi connectivity index (χ3n) is 1.92. The van der Waals surface area contributed by atoms with E-state index in [0.29, 0.717) is 0 Å². The quantitative estimate of drug-likeness (QED) is 0.708. The van der Waals surface area contributed by atoms with Gasteiger partial charge in [0.05, 0.1) is 12.8 Å². The molecule has 0 aromatic carbocycles.